The summed E-state index contributed by atoms with van der Waals surface area (Å²) in [6.45, 7) is 0.404. The molecule has 1 heterocycles. The van der Waals surface area contributed by atoms with Crippen LogP contribution in [0.2, 0.25) is 0 Å². The normalized spacial score (nSPS) is 11.1. The van der Waals surface area contributed by atoms with Crippen molar-refractivity contribution in [3.63, 3.8) is 0 Å². The van der Waals surface area contributed by atoms with Crippen LogP contribution in [-0.2, 0) is 6.61 Å². The van der Waals surface area contributed by atoms with E-state index in [4.69, 9.17) is 9.47 Å². The molecule has 6 nitrogen and oxygen atoms in total. The molecule has 7 aromatic rings. The Balaban J connectivity index is 1.06. The molecule has 0 bridgehead atoms. The number of rotatable bonds is 10. The Morgan fingerprint density at radius 2 is 1.39 bits per heavy atom. The van der Waals surface area contributed by atoms with E-state index in [1.807, 2.05) is 91.0 Å². The maximum atomic E-state index is 13.1. The first-order chi connectivity index (χ1) is 24.1. The van der Waals surface area contributed by atoms with Gasteiger partial charge in [0.05, 0.1) is 28.3 Å². The number of nitrogens with zero attached hydrogens (tertiary/aromatic N) is 2. The second kappa shape index (κ2) is 14.6. The maximum Gasteiger partial charge on any atom is 0.271 e. The third-order valence-electron chi connectivity index (χ3n) is 8.29. The van der Waals surface area contributed by atoms with Crippen LogP contribution in [0.5, 0.6) is 11.5 Å². The van der Waals surface area contributed by atoms with E-state index in [-0.39, 0.29) is 5.91 Å². The third kappa shape index (κ3) is 6.98. The Labute approximate surface area is 298 Å². The highest BCUT2D eigenvalue weighted by Crippen LogP contribution is 2.35. The molecule has 0 aliphatic carbocycles. The van der Waals surface area contributed by atoms with Crippen molar-refractivity contribution in [3.05, 3.63) is 172 Å². The molecule has 49 heavy (non-hydrogen) atoms. The summed E-state index contributed by atoms with van der Waals surface area (Å²) in [6, 6.07) is 50.7. The molecule has 0 aliphatic rings. The largest absolute Gasteiger partial charge is 0.493 e. The van der Waals surface area contributed by atoms with E-state index < -0.39 is 0 Å². The predicted molar refractivity (Wildman–Crippen MR) is 206 cm³/mol. The van der Waals surface area contributed by atoms with Crippen LogP contribution in [0.3, 0.4) is 0 Å². The van der Waals surface area contributed by atoms with Gasteiger partial charge < -0.3 is 14.0 Å². The van der Waals surface area contributed by atoms with E-state index in [0.29, 0.717) is 23.7 Å². The summed E-state index contributed by atoms with van der Waals surface area (Å²) in [5.74, 6) is 0.940. The first-order valence-electron chi connectivity index (χ1n) is 15.8. The molecule has 0 fully saturated rings. The van der Waals surface area contributed by atoms with E-state index >= 15 is 0 Å². The van der Waals surface area contributed by atoms with Gasteiger partial charge in [-0.25, -0.2) is 5.43 Å². The quantitative estimate of drug-likeness (QED) is 0.0860. The predicted octanol–water partition coefficient (Wildman–Crippen LogP) is 9.92. The number of amides is 1. The lowest BCUT2D eigenvalue weighted by Crippen LogP contribution is -2.17. The Hall–Kier alpha value is -5.67. The molecule has 1 N–H and O–H groups in total. The van der Waals surface area contributed by atoms with Crippen molar-refractivity contribution in [2.75, 3.05) is 7.11 Å². The van der Waals surface area contributed by atoms with Gasteiger partial charge in [0, 0.05) is 11.3 Å². The smallest absolute Gasteiger partial charge is 0.271 e. The molecule has 6 aromatic carbocycles. The molecule has 0 spiro atoms. The molecule has 1 aromatic heterocycles. The lowest BCUT2D eigenvalue weighted by atomic mass is 10.1. The monoisotopic (exact) mass is 753 g/mol. The van der Waals surface area contributed by atoms with Crippen molar-refractivity contribution in [3.8, 4) is 39.7 Å². The number of hydrazone groups is 1. The summed E-state index contributed by atoms with van der Waals surface area (Å²) in [6.07, 6.45) is 1.60. The number of fused-ring (bicyclic) bond motifs is 1. The number of ether oxygens (including phenoxy) is 2. The van der Waals surface area contributed by atoms with Crippen LogP contribution in [0.1, 0.15) is 21.5 Å². The van der Waals surface area contributed by atoms with Crippen molar-refractivity contribution in [2.24, 2.45) is 5.10 Å². The minimum atomic E-state index is -0.307. The SMILES string of the molecule is COc1cc(/C=N\NC(=O)c2ccc(-n3c(-c4ccccc4)ccc3-c3ccccc3)cc2)cc(I)c1OCc1cccc2ccccc12. The van der Waals surface area contributed by atoms with Gasteiger partial charge in [-0.15, -0.1) is 0 Å². The summed E-state index contributed by atoms with van der Waals surface area (Å²) in [7, 11) is 1.61. The molecular formula is C42H32IN3O3. The van der Waals surface area contributed by atoms with Crippen LogP contribution in [0.15, 0.2) is 157 Å². The Morgan fingerprint density at radius 1 is 0.755 bits per heavy atom. The topological polar surface area (TPSA) is 64.8 Å². The summed E-state index contributed by atoms with van der Waals surface area (Å²) in [4.78, 5) is 13.1. The fourth-order valence-corrected chi connectivity index (χ4v) is 6.68. The molecule has 240 valence electrons. The second-order valence-corrected chi connectivity index (χ2v) is 12.5. The van der Waals surface area contributed by atoms with E-state index in [0.717, 1.165) is 48.3 Å². The number of halogens is 1. The molecule has 0 radical (unpaired) electrons. The van der Waals surface area contributed by atoms with Crippen molar-refractivity contribution in [1.82, 2.24) is 9.99 Å². The van der Waals surface area contributed by atoms with Gasteiger partial charge in [-0.05, 0) is 104 Å². The molecule has 0 unspecified atom stereocenters. The molecule has 7 heteroatoms. The first kappa shape index (κ1) is 31.9. The van der Waals surface area contributed by atoms with Crippen LogP contribution in [0.25, 0.3) is 39.0 Å². The maximum absolute atomic E-state index is 13.1. The van der Waals surface area contributed by atoms with Gasteiger partial charge in [0.2, 0.25) is 0 Å². The zero-order valence-electron chi connectivity index (χ0n) is 26.7. The van der Waals surface area contributed by atoms with Crippen LogP contribution in [-0.4, -0.2) is 23.8 Å². The van der Waals surface area contributed by atoms with Crippen LogP contribution >= 0.6 is 22.6 Å². The molecule has 0 saturated heterocycles. The molecule has 0 atom stereocenters. The van der Waals surface area contributed by atoms with Crippen molar-refractivity contribution < 1.29 is 14.3 Å². The molecule has 1 amide bonds. The molecular weight excluding hydrogens is 721 g/mol. The van der Waals surface area contributed by atoms with E-state index in [9.17, 15) is 4.79 Å². The standard InChI is InChI=1S/C42H32IN3O3/c1-48-40-26-29(25-37(43)41(40)49-28-34-17-10-16-30-11-8-9-18-36(30)34)27-44-45-42(47)33-19-21-35(22-20-33)46-38(31-12-4-2-5-13-31)23-24-39(46)32-14-6-3-7-15-32/h2-27H,28H2,1H3,(H,45,47)/b44-27-. The van der Waals surface area contributed by atoms with Crippen molar-refractivity contribution >= 4 is 45.5 Å². The molecule has 0 aliphatic heterocycles. The average Bonchev–Trinajstić information content (AvgIpc) is 3.60. The van der Waals surface area contributed by atoms with Gasteiger partial charge in [0.25, 0.3) is 5.91 Å². The second-order valence-electron chi connectivity index (χ2n) is 11.4. The van der Waals surface area contributed by atoms with Gasteiger partial charge in [0.1, 0.15) is 6.61 Å². The zero-order chi connectivity index (χ0) is 33.6. The van der Waals surface area contributed by atoms with E-state index in [1.54, 1.807) is 13.3 Å². The van der Waals surface area contributed by atoms with Gasteiger partial charge in [0.15, 0.2) is 11.5 Å². The van der Waals surface area contributed by atoms with Gasteiger partial charge in [-0.1, -0.05) is 103 Å². The average molecular weight is 754 g/mol. The number of benzene rings is 6. The number of hydrogen-bond acceptors (Lipinski definition) is 4. The summed E-state index contributed by atoms with van der Waals surface area (Å²) >= 11 is 2.23. The summed E-state index contributed by atoms with van der Waals surface area (Å²) in [5, 5.41) is 6.57. The Bertz CT molecular complexity index is 2200. The highest BCUT2D eigenvalue weighted by atomic mass is 127. The number of carbonyl (C=O) groups is 1. The van der Waals surface area contributed by atoms with E-state index in [1.165, 1.54) is 5.39 Å². The van der Waals surface area contributed by atoms with Gasteiger partial charge in [-0.2, -0.15) is 5.10 Å². The third-order valence-corrected chi connectivity index (χ3v) is 9.09. The number of nitrogens with one attached hydrogen (secondary N) is 1. The van der Waals surface area contributed by atoms with Crippen molar-refractivity contribution in [2.45, 2.75) is 6.61 Å². The van der Waals surface area contributed by atoms with Crippen LogP contribution in [0.4, 0.5) is 0 Å². The first-order valence-corrected chi connectivity index (χ1v) is 16.9. The fraction of sp³-hybridized carbons (Fsp3) is 0.0476. The molecule has 7 rings (SSSR count). The minimum absolute atomic E-state index is 0.307. The highest BCUT2D eigenvalue weighted by molar-refractivity contribution is 14.1. The number of carbonyl (C=O) groups excluding carboxylic acids is 1. The molecule has 0 saturated carbocycles. The zero-order valence-corrected chi connectivity index (χ0v) is 28.9. The number of aromatic nitrogens is 1. The summed E-state index contributed by atoms with van der Waals surface area (Å²) in [5.41, 5.74) is 10.3. The lowest BCUT2D eigenvalue weighted by Gasteiger charge is -2.15. The Kier molecular flexibility index (Phi) is 9.52. The van der Waals surface area contributed by atoms with Gasteiger partial charge >= 0.3 is 0 Å². The number of hydrogen-bond donors (Lipinski definition) is 1. The Morgan fingerprint density at radius 3 is 2.06 bits per heavy atom. The van der Waals surface area contributed by atoms with E-state index in [2.05, 4.69) is 98.3 Å². The van der Waals surface area contributed by atoms with Crippen molar-refractivity contribution in [1.29, 1.82) is 0 Å². The highest BCUT2D eigenvalue weighted by Gasteiger charge is 2.15. The van der Waals surface area contributed by atoms with Crippen LogP contribution < -0.4 is 14.9 Å². The van der Waals surface area contributed by atoms with Gasteiger partial charge in [-0.3, -0.25) is 4.79 Å². The number of methoxy groups -OCH3 is 1. The van der Waals surface area contributed by atoms with Crippen LogP contribution in [0, 0.1) is 3.57 Å². The summed E-state index contributed by atoms with van der Waals surface area (Å²) < 4.78 is 15.0. The minimum Gasteiger partial charge on any atom is -0.493 e. The fourth-order valence-electron chi connectivity index (χ4n) is 5.90. The lowest BCUT2D eigenvalue weighted by molar-refractivity contribution is 0.0955.